The molecule has 0 atom stereocenters. The summed E-state index contributed by atoms with van der Waals surface area (Å²) in [4.78, 5) is 3.58. The highest BCUT2D eigenvalue weighted by molar-refractivity contribution is 7.93. The number of aromatic nitrogens is 1. The van der Waals surface area contributed by atoms with E-state index in [0.29, 0.717) is 12.0 Å². The monoisotopic (exact) mass is 117 g/mol. The van der Waals surface area contributed by atoms with Crippen LogP contribution in [0.2, 0.25) is 0 Å². The van der Waals surface area contributed by atoms with Gasteiger partial charge < -0.3 is 8.97 Å². The van der Waals surface area contributed by atoms with E-state index in [2.05, 4.69) is 9.40 Å². The van der Waals surface area contributed by atoms with E-state index in [1.807, 2.05) is 0 Å². The zero-order valence-corrected chi connectivity index (χ0v) is 4.18. The van der Waals surface area contributed by atoms with Gasteiger partial charge in [-0.1, -0.05) is 0 Å². The van der Waals surface area contributed by atoms with E-state index < -0.39 is 0 Å². The lowest BCUT2D eigenvalue weighted by atomic mass is 11.0. The highest BCUT2D eigenvalue weighted by Crippen LogP contribution is 2.07. The van der Waals surface area contributed by atoms with Crippen LogP contribution in [0.3, 0.4) is 0 Å². The number of oxazole rings is 1. The molecule has 1 heterocycles. The zero-order valence-electron chi connectivity index (χ0n) is 3.37. The first-order valence-electron chi connectivity index (χ1n) is 1.64. The minimum Gasteiger partial charge on any atom is -0.438 e. The molecule has 1 aromatic heterocycles. The van der Waals surface area contributed by atoms with Crippen molar-refractivity contribution in [3.63, 3.8) is 0 Å². The van der Waals surface area contributed by atoms with E-state index in [1.54, 1.807) is 0 Å². The molecule has 0 spiro atoms. The lowest BCUT2D eigenvalue weighted by Gasteiger charge is -1.75. The zero-order chi connectivity index (χ0) is 5.11. The number of hydrogen-bond donors (Lipinski definition) is 1. The average molecular weight is 117 g/mol. The Kier molecular flexibility index (Phi) is 1.33. The highest BCUT2D eigenvalue weighted by Gasteiger charge is 1.89. The molecule has 0 aliphatic carbocycles. The molecule has 0 radical (unpaired) electrons. The third-order valence-electron chi connectivity index (χ3n) is 0.488. The number of hydrogen-bond acceptors (Lipinski definition) is 4. The van der Waals surface area contributed by atoms with E-state index in [-0.39, 0.29) is 5.22 Å². The van der Waals surface area contributed by atoms with Crippen molar-refractivity contribution in [3.8, 4) is 0 Å². The molecular formula is C3H3NO2S. The Morgan fingerprint density at radius 1 is 1.86 bits per heavy atom. The molecule has 0 aromatic carbocycles. The summed E-state index contributed by atoms with van der Waals surface area (Å²) >= 11 is 0.498. The molecule has 0 saturated carbocycles. The lowest BCUT2D eigenvalue weighted by Crippen LogP contribution is -1.60. The van der Waals surface area contributed by atoms with Gasteiger partial charge in [0.15, 0.2) is 0 Å². The molecule has 0 bridgehead atoms. The van der Waals surface area contributed by atoms with Crippen LogP contribution < -0.4 is 0 Å². The van der Waals surface area contributed by atoms with Crippen molar-refractivity contribution in [1.82, 2.24) is 4.98 Å². The normalized spacial score (nSPS) is 9.29. The number of nitrogens with zero attached hydrogens (tertiary/aromatic N) is 1. The Bertz CT molecular complexity index is 127. The van der Waals surface area contributed by atoms with Gasteiger partial charge in [-0.15, -0.1) is 0 Å². The second-order valence-electron chi connectivity index (χ2n) is 0.889. The maximum atomic E-state index is 8.19. The molecule has 0 unspecified atom stereocenters. The fourth-order valence-electron chi connectivity index (χ4n) is 0.255. The van der Waals surface area contributed by atoms with Gasteiger partial charge >= 0.3 is 0 Å². The smallest absolute Gasteiger partial charge is 0.283 e. The van der Waals surface area contributed by atoms with Crippen molar-refractivity contribution in [1.29, 1.82) is 0 Å². The maximum absolute atomic E-state index is 8.19. The van der Waals surface area contributed by atoms with Gasteiger partial charge in [-0.05, 0) is 0 Å². The molecule has 3 nitrogen and oxygen atoms in total. The van der Waals surface area contributed by atoms with E-state index >= 15 is 0 Å². The van der Waals surface area contributed by atoms with Crippen LogP contribution in [-0.2, 0) is 0 Å². The Morgan fingerprint density at radius 2 is 2.71 bits per heavy atom. The van der Waals surface area contributed by atoms with Crippen molar-refractivity contribution in [2.24, 2.45) is 0 Å². The Balaban J connectivity index is 2.76. The summed E-state index contributed by atoms with van der Waals surface area (Å²) in [5, 5.41) is 0.278. The molecule has 0 amide bonds. The molecule has 0 fully saturated rings. The van der Waals surface area contributed by atoms with Crippen LogP contribution in [0.15, 0.2) is 22.1 Å². The second kappa shape index (κ2) is 1.99. The van der Waals surface area contributed by atoms with Crippen molar-refractivity contribution >= 4 is 12.0 Å². The van der Waals surface area contributed by atoms with Crippen LogP contribution >= 0.6 is 12.0 Å². The molecular weight excluding hydrogens is 114 g/mol. The standard InChI is InChI=1S/C3H3NO2S/c5-7-3-4-1-2-6-3/h1-2,5H. The molecule has 4 heteroatoms. The molecule has 0 aliphatic rings. The molecule has 0 aliphatic heterocycles. The van der Waals surface area contributed by atoms with Crippen molar-refractivity contribution in [2.75, 3.05) is 0 Å². The van der Waals surface area contributed by atoms with Crippen LogP contribution in [0.4, 0.5) is 0 Å². The molecule has 1 N–H and O–H groups in total. The third kappa shape index (κ3) is 0.942. The van der Waals surface area contributed by atoms with Crippen molar-refractivity contribution in [3.05, 3.63) is 12.5 Å². The van der Waals surface area contributed by atoms with Gasteiger partial charge in [0.05, 0.1) is 18.2 Å². The Labute approximate surface area is 44.6 Å². The molecule has 7 heavy (non-hydrogen) atoms. The first-order chi connectivity index (χ1) is 3.43. The maximum Gasteiger partial charge on any atom is 0.283 e. The summed E-state index contributed by atoms with van der Waals surface area (Å²) < 4.78 is 12.8. The van der Waals surface area contributed by atoms with Gasteiger partial charge in [-0.3, -0.25) is 0 Å². The summed E-state index contributed by atoms with van der Waals surface area (Å²) in [6, 6.07) is 0. The van der Waals surface area contributed by atoms with Gasteiger partial charge in [0.2, 0.25) is 0 Å². The largest absolute Gasteiger partial charge is 0.438 e. The Hall–Kier alpha value is -0.480. The van der Waals surface area contributed by atoms with E-state index in [4.69, 9.17) is 4.55 Å². The lowest BCUT2D eigenvalue weighted by molar-refractivity contribution is 0.442. The Morgan fingerprint density at radius 3 is 3.00 bits per heavy atom. The SMILES string of the molecule is OSc1ncco1. The topological polar surface area (TPSA) is 46.3 Å². The predicted octanol–water partition coefficient (Wildman–Crippen LogP) is 1.24. The quantitative estimate of drug-likeness (QED) is 0.562. The van der Waals surface area contributed by atoms with Gasteiger partial charge in [0, 0.05) is 0 Å². The first kappa shape index (κ1) is 4.67. The van der Waals surface area contributed by atoms with Crippen molar-refractivity contribution < 1.29 is 8.97 Å². The van der Waals surface area contributed by atoms with Crippen LogP contribution in [0, 0.1) is 0 Å². The molecule has 0 saturated heterocycles. The minimum atomic E-state index is 0.278. The van der Waals surface area contributed by atoms with Gasteiger partial charge in [0.25, 0.3) is 5.22 Å². The van der Waals surface area contributed by atoms with Crippen LogP contribution in [0.1, 0.15) is 0 Å². The van der Waals surface area contributed by atoms with Gasteiger partial charge in [0.1, 0.15) is 6.26 Å². The first-order valence-corrected chi connectivity index (χ1v) is 2.42. The number of rotatable bonds is 1. The molecule has 1 rings (SSSR count). The van der Waals surface area contributed by atoms with Crippen LogP contribution in [0.25, 0.3) is 0 Å². The van der Waals surface area contributed by atoms with E-state index in [1.165, 1.54) is 12.5 Å². The van der Waals surface area contributed by atoms with Gasteiger partial charge in [-0.25, -0.2) is 4.98 Å². The average Bonchev–Trinajstić information content (AvgIpc) is 2.14. The summed E-state index contributed by atoms with van der Waals surface area (Å²) in [6.07, 6.45) is 2.87. The van der Waals surface area contributed by atoms with E-state index in [9.17, 15) is 0 Å². The van der Waals surface area contributed by atoms with Crippen LogP contribution in [0.5, 0.6) is 0 Å². The fourth-order valence-corrected chi connectivity index (χ4v) is 0.462. The molecule has 1 aromatic rings. The summed E-state index contributed by atoms with van der Waals surface area (Å²) in [5.41, 5.74) is 0. The summed E-state index contributed by atoms with van der Waals surface area (Å²) in [5.74, 6) is 0. The highest BCUT2D eigenvalue weighted by atomic mass is 32.2. The summed E-state index contributed by atoms with van der Waals surface area (Å²) in [6.45, 7) is 0. The minimum absolute atomic E-state index is 0.278. The fraction of sp³-hybridized carbons (Fsp3) is 0. The van der Waals surface area contributed by atoms with Gasteiger partial charge in [-0.2, -0.15) is 0 Å². The van der Waals surface area contributed by atoms with E-state index in [0.717, 1.165) is 0 Å². The van der Waals surface area contributed by atoms with Crippen molar-refractivity contribution in [2.45, 2.75) is 5.22 Å². The second-order valence-corrected chi connectivity index (χ2v) is 1.42. The predicted molar refractivity (Wildman–Crippen MR) is 25.0 cm³/mol. The third-order valence-corrected chi connectivity index (χ3v) is 0.846. The molecule has 38 valence electrons. The van der Waals surface area contributed by atoms with Crippen LogP contribution in [-0.4, -0.2) is 9.54 Å². The summed E-state index contributed by atoms with van der Waals surface area (Å²) in [7, 11) is 0.